The van der Waals surface area contributed by atoms with E-state index in [1.165, 1.54) is 0 Å². The largest absolute Gasteiger partial charge is 0.460 e. The number of ether oxygens (including phenoxy) is 4. The average Bonchev–Trinajstić information content (AvgIpc) is 3.32. The molecule has 0 heterocycles. The highest BCUT2D eigenvalue weighted by Crippen LogP contribution is 2.44. The fraction of sp³-hybridized carbons (Fsp3) is 0.564. The second kappa shape index (κ2) is 17.5. The second-order valence-electron chi connectivity index (χ2n) is 15.7. The van der Waals surface area contributed by atoms with Crippen LogP contribution in [-0.2, 0) is 33.3 Å². The van der Waals surface area contributed by atoms with Gasteiger partial charge in [-0.2, -0.15) is 0 Å². The van der Waals surface area contributed by atoms with Crippen LogP contribution in [0.5, 0.6) is 0 Å². The maximum Gasteiger partial charge on any atom is 0.407 e. The van der Waals surface area contributed by atoms with Gasteiger partial charge < -0.3 is 34.9 Å². The third kappa shape index (κ3) is 13.9. The normalized spacial score (nSPS) is 13.9. The summed E-state index contributed by atoms with van der Waals surface area (Å²) in [5, 5.41) is 7.94. The van der Waals surface area contributed by atoms with Gasteiger partial charge in [-0.25, -0.2) is 19.2 Å². The molecule has 0 unspecified atom stereocenters. The molecule has 0 spiro atoms. The predicted octanol–water partition coefficient (Wildman–Crippen LogP) is 6.54. The van der Waals surface area contributed by atoms with E-state index in [1.807, 2.05) is 24.3 Å². The van der Waals surface area contributed by atoms with Gasteiger partial charge in [0, 0.05) is 18.9 Å². The molecule has 0 radical (unpaired) electrons. The van der Waals surface area contributed by atoms with Gasteiger partial charge in [0.15, 0.2) is 0 Å². The Hall–Kier alpha value is -4.61. The summed E-state index contributed by atoms with van der Waals surface area (Å²) in [4.78, 5) is 64.2. The molecule has 2 atom stereocenters. The fourth-order valence-electron chi connectivity index (χ4n) is 5.57. The standard InChI is InChI=1S/C39H55N3O9/c1-37(2,3)49-32(43)22-21-31(34(45)51-39(7,8)9)42-35(46)41-30(33(44)50-38(4,5)6)20-14-15-23-40-36(47)48-24-29-27-18-12-10-16-25(27)26-17-11-13-19-28(26)29/h10-13,16-19,29-31H,14-15,20-24H2,1-9H3,(H,40,47)(H2,41,42,46)/t30-,31-/m0/s1. The number of unbranched alkanes of at least 4 members (excludes halogenated alkanes) is 1. The number of hydrogen-bond donors (Lipinski definition) is 3. The van der Waals surface area contributed by atoms with E-state index in [2.05, 4.69) is 40.2 Å². The summed E-state index contributed by atoms with van der Waals surface area (Å²) in [7, 11) is 0. The second-order valence-corrected chi connectivity index (χ2v) is 15.7. The molecule has 2 aromatic carbocycles. The van der Waals surface area contributed by atoms with E-state index < -0.39 is 58.9 Å². The third-order valence-electron chi connectivity index (χ3n) is 7.58. The first-order valence-corrected chi connectivity index (χ1v) is 17.6. The lowest BCUT2D eigenvalue weighted by Gasteiger charge is -2.27. The molecular formula is C39H55N3O9. The Labute approximate surface area is 301 Å². The molecule has 2 aromatic rings. The summed E-state index contributed by atoms with van der Waals surface area (Å²) in [6.07, 6.45) is 0.371. The zero-order valence-electron chi connectivity index (χ0n) is 31.5. The molecule has 0 saturated heterocycles. The van der Waals surface area contributed by atoms with Crippen molar-refractivity contribution in [2.75, 3.05) is 13.2 Å². The van der Waals surface area contributed by atoms with E-state index in [-0.39, 0.29) is 38.3 Å². The summed E-state index contributed by atoms with van der Waals surface area (Å²) in [6.45, 7) is 15.9. The van der Waals surface area contributed by atoms with Crippen molar-refractivity contribution < 1.29 is 42.9 Å². The summed E-state index contributed by atoms with van der Waals surface area (Å²) in [5.41, 5.74) is 2.16. The van der Waals surface area contributed by atoms with E-state index in [0.717, 1.165) is 22.3 Å². The number of carbonyl (C=O) groups is 5. The summed E-state index contributed by atoms with van der Waals surface area (Å²) >= 11 is 0. The van der Waals surface area contributed by atoms with Crippen LogP contribution in [0.4, 0.5) is 9.59 Å². The Kier molecular flexibility index (Phi) is 14.0. The van der Waals surface area contributed by atoms with E-state index >= 15 is 0 Å². The van der Waals surface area contributed by atoms with Gasteiger partial charge in [0.1, 0.15) is 35.5 Å². The first-order chi connectivity index (χ1) is 23.7. The molecule has 280 valence electrons. The van der Waals surface area contributed by atoms with Gasteiger partial charge in [0.05, 0.1) is 0 Å². The van der Waals surface area contributed by atoms with Crippen LogP contribution < -0.4 is 16.0 Å². The van der Waals surface area contributed by atoms with Crippen molar-refractivity contribution in [1.82, 2.24) is 16.0 Å². The maximum absolute atomic E-state index is 13.2. The lowest BCUT2D eigenvalue weighted by Crippen LogP contribution is -2.53. The minimum Gasteiger partial charge on any atom is -0.460 e. The Morgan fingerprint density at radius 3 is 1.61 bits per heavy atom. The average molecular weight is 710 g/mol. The van der Waals surface area contributed by atoms with E-state index in [0.29, 0.717) is 12.8 Å². The molecular weight excluding hydrogens is 654 g/mol. The monoisotopic (exact) mass is 709 g/mol. The van der Waals surface area contributed by atoms with Crippen LogP contribution in [0.25, 0.3) is 11.1 Å². The number of esters is 3. The number of urea groups is 1. The highest BCUT2D eigenvalue weighted by Gasteiger charge is 2.32. The van der Waals surface area contributed by atoms with Crippen LogP contribution in [0, 0.1) is 0 Å². The Morgan fingerprint density at radius 1 is 0.647 bits per heavy atom. The number of alkyl carbamates (subject to hydrolysis) is 1. The quantitative estimate of drug-likeness (QED) is 0.113. The Balaban J connectivity index is 1.54. The molecule has 1 aliphatic rings. The molecule has 0 saturated carbocycles. The maximum atomic E-state index is 13.2. The number of carbonyl (C=O) groups excluding carboxylic acids is 5. The van der Waals surface area contributed by atoms with E-state index in [9.17, 15) is 24.0 Å². The molecule has 0 aliphatic heterocycles. The fourth-order valence-corrected chi connectivity index (χ4v) is 5.57. The number of amides is 3. The van der Waals surface area contributed by atoms with Crippen LogP contribution in [0.3, 0.4) is 0 Å². The summed E-state index contributed by atoms with van der Waals surface area (Å²) in [6, 6.07) is 13.2. The van der Waals surface area contributed by atoms with Gasteiger partial charge in [-0.1, -0.05) is 48.5 Å². The Morgan fingerprint density at radius 2 is 1.12 bits per heavy atom. The lowest BCUT2D eigenvalue weighted by molar-refractivity contribution is -0.159. The molecule has 0 fully saturated rings. The zero-order chi connectivity index (χ0) is 38.0. The zero-order valence-corrected chi connectivity index (χ0v) is 31.5. The highest BCUT2D eigenvalue weighted by atomic mass is 16.6. The number of nitrogens with one attached hydrogen (secondary N) is 3. The van der Waals surface area contributed by atoms with Gasteiger partial charge >= 0.3 is 30.0 Å². The van der Waals surface area contributed by atoms with Crippen LogP contribution >= 0.6 is 0 Å². The molecule has 0 aromatic heterocycles. The molecule has 12 nitrogen and oxygen atoms in total. The van der Waals surface area contributed by atoms with Gasteiger partial charge in [-0.3, -0.25) is 4.79 Å². The van der Waals surface area contributed by atoms with E-state index in [4.69, 9.17) is 18.9 Å². The molecule has 1 aliphatic carbocycles. The summed E-state index contributed by atoms with van der Waals surface area (Å²) < 4.78 is 22.0. The minimum atomic E-state index is -1.18. The van der Waals surface area contributed by atoms with E-state index in [1.54, 1.807) is 62.3 Å². The van der Waals surface area contributed by atoms with Crippen molar-refractivity contribution >= 4 is 30.0 Å². The molecule has 3 amide bonds. The molecule has 0 bridgehead atoms. The molecule has 3 rings (SSSR count). The smallest absolute Gasteiger partial charge is 0.407 e. The summed E-state index contributed by atoms with van der Waals surface area (Å²) in [5.74, 6) is -1.96. The van der Waals surface area contributed by atoms with Crippen molar-refractivity contribution in [2.24, 2.45) is 0 Å². The van der Waals surface area contributed by atoms with Crippen molar-refractivity contribution in [2.45, 2.75) is 129 Å². The van der Waals surface area contributed by atoms with Gasteiger partial charge in [-0.05, 0) is 110 Å². The van der Waals surface area contributed by atoms with Crippen molar-refractivity contribution in [3.05, 3.63) is 59.7 Å². The topological polar surface area (TPSA) is 158 Å². The molecule has 12 heteroatoms. The van der Waals surface area contributed by atoms with Gasteiger partial charge in [0.25, 0.3) is 0 Å². The van der Waals surface area contributed by atoms with Crippen LogP contribution in [0.1, 0.15) is 111 Å². The number of rotatable bonds is 14. The first kappa shape index (κ1) is 40.8. The van der Waals surface area contributed by atoms with Crippen molar-refractivity contribution in [3.8, 4) is 11.1 Å². The SMILES string of the molecule is CC(C)(C)OC(=O)CC[C@H](NC(=O)N[C@@H](CCCCNC(=O)OCC1c2ccccc2-c2ccccc21)C(=O)OC(C)(C)C)C(=O)OC(C)(C)C. The minimum absolute atomic E-state index is 0.0535. The lowest BCUT2D eigenvalue weighted by atomic mass is 9.98. The van der Waals surface area contributed by atoms with Crippen LogP contribution in [-0.4, -0.2) is 72.1 Å². The highest BCUT2D eigenvalue weighted by molar-refractivity contribution is 5.87. The van der Waals surface area contributed by atoms with Gasteiger partial charge in [0.2, 0.25) is 0 Å². The number of benzene rings is 2. The van der Waals surface area contributed by atoms with Crippen molar-refractivity contribution in [1.29, 1.82) is 0 Å². The molecule has 3 N–H and O–H groups in total. The van der Waals surface area contributed by atoms with Gasteiger partial charge in [-0.15, -0.1) is 0 Å². The van der Waals surface area contributed by atoms with Crippen LogP contribution in [0.2, 0.25) is 0 Å². The Bertz CT molecular complexity index is 1490. The third-order valence-corrected chi connectivity index (χ3v) is 7.58. The first-order valence-electron chi connectivity index (χ1n) is 17.6. The van der Waals surface area contributed by atoms with Crippen LogP contribution in [0.15, 0.2) is 48.5 Å². The number of fused-ring (bicyclic) bond motifs is 3. The predicted molar refractivity (Wildman–Crippen MR) is 193 cm³/mol. The van der Waals surface area contributed by atoms with Crippen molar-refractivity contribution in [3.63, 3.8) is 0 Å². The number of hydrogen-bond acceptors (Lipinski definition) is 9. The molecule has 51 heavy (non-hydrogen) atoms.